The first-order chi connectivity index (χ1) is 8.62. The Morgan fingerprint density at radius 3 is 3.06 bits per heavy atom. The summed E-state index contributed by atoms with van der Waals surface area (Å²) in [5, 5.41) is 3.97. The zero-order valence-electron chi connectivity index (χ0n) is 10.3. The van der Waals surface area contributed by atoms with E-state index in [0.29, 0.717) is 6.54 Å². The molecule has 2 aromatic rings. The van der Waals surface area contributed by atoms with Crippen LogP contribution in [-0.4, -0.2) is 28.6 Å². The minimum atomic E-state index is -0.592. The summed E-state index contributed by atoms with van der Waals surface area (Å²) < 4.78 is 28.0. The van der Waals surface area contributed by atoms with E-state index in [1.807, 2.05) is 13.9 Å². The number of hydrogen-bond donors (Lipinski definition) is 0. The largest absolute Gasteiger partial charge is 0.369 e. The van der Waals surface area contributed by atoms with Gasteiger partial charge in [-0.3, -0.25) is 0 Å². The quantitative estimate of drug-likeness (QED) is 0.564. The van der Waals surface area contributed by atoms with Crippen molar-refractivity contribution in [3.05, 3.63) is 48.3 Å². The van der Waals surface area contributed by atoms with Gasteiger partial charge in [0.15, 0.2) is 0 Å². The molecule has 2 atom stereocenters. The summed E-state index contributed by atoms with van der Waals surface area (Å²) in [6, 6.07) is 6.32. The molecule has 1 saturated heterocycles. The molecule has 1 fully saturated rings. The Labute approximate surface area is 100 Å². The highest BCUT2D eigenvalue weighted by molar-refractivity contribution is 6.13. The molecular formula is C11H11BFN3O. The standard InChI is InChI=1S/C11H11BFN3O/c12-10-11(17-10,5-16-7-14-6-15-16)8-2-1-3-9(13)4-8/h1-4,6-7,10H,5,12H2/i7D. The second kappa shape index (κ2) is 3.66. The third-order valence-electron chi connectivity index (χ3n) is 3.11. The van der Waals surface area contributed by atoms with E-state index in [-0.39, 0.29) is 18.1 Å². The normalized spacial score (nSPS) is 27.8. The van der Waals surface area contributed by atoms with Gasteiger partial charge in [-0.2, -0.15) is 5.10 Å². The fourth-order valence-corrected chi connectivity index (χ4v) is 2.10. The molecule has 1 aliphatic heterocycles. The third-order valence-corrected chi connectivity index (χ3v) is 3.11. The first-order valence-electron chi connectivity index (χ1n) is 5.90. The minimum Gasteiger partial charge on any atom is -0.369 e. The second-order valence-corrected chi connectivity index (χ2v) is 4.18. The lowest BCUT2D eigenvalue weighted by Gasteiger charge is -2.13. The lowest BCUT2D eigenvalue weighted by atomic mass is 9.85. The van der Waals surface area contributed by atoms with Gasteiger partial charge in [0.25, 0.3) is 0 Å². The molecule has 17 heavy (non-hydrogen) atoms. The number of rotatable bonds is 3. The van der Waals surface area contributed by atoms with E-state index in [4.69, 9.17) is 6.11 Å². The Balaban J connectivity index is 1.94. The van der Waals surface area contributed by atoms with Crippen LogP contribution in [0.2, 0.25) is 0 Å². The molecule has 4 nitrogen and oxygen atoms in total. The summed E-state index contributed by atoms with van der Waals surface area (Å²) in [6.45, 7) is 0.371. The third kappa shape index (κ3) is 1.74. The van der Waals surface area contributed by atoms with Crippen molar-refractivity contribution in [2.75, 3.05) is 0 Å². The molecule has 0 amide bonds. The van der Waals surface area contributed by atoms with Gasteiger partial charge in [-0.1, -0.05) is 12.1 Å². The Morgan fingerprint density at radius 1 is 1.65 bits per heavy atom. The Bertz CT molecular complexity index is 593. The molecular weight excluding hydrogens is 220 g/mol. The molecule has 1 aromatic carbocycles. The first-order valence-corrected chi connectivity index (χ1v) is 5.40. The van der Waals surface area contributed by atoms with Crippen molar-refractivity contribution in [2.45, 2.75) is 18.1 Å². The van der Waals surface area contributed by atoms with Crippen LogP contribution < -0.4 is 0 Å². The van der Waals surface area contributed by atoms with E-state index in [2.05, 4.69) is 10.1 Å². The second-order valence-electron chi connectivity index (χ2n) is 4.18. The van der Waals surface area contributed by atoms with Gasteiger partial charge in [0.1, 0.15) is 33.3 Å². The number of nitrogens with zero attached hydrogens (tertiary/aromatic N) is 3. The van der Waals surface area contributed by atoms with Crippen molar-refractivity contribution < 1.29 is 10.5 Å². The Morgan fingerprint density at radius 2 is 2.47 bits per heavy atom. The Kier molecular flexibility index (Phi) is 2.02. The number of hydrogen-bond acceptors (Lipinski definition) is 3. The maximum Gasteiger partial charge on any atom is 0.143 e. The molecule has 1 aromatic heterocycles. The molecule has 0 radical (unpaired) electrons. The van der Waals surface area contributed by atoms with E-state index in [9.17, 15) is 4.39 Å². The summed E-state index contributed by atoms with van der Waals surface area (Å²) in [5.74, 6) is -0.292. The number of aromatic nitrogens is 3. The van der Waals surface area contributed by atoms with Crippen molar-refractivity contribution in [2.24, 2.45) is 0 Å². The molecule has 2 unspecified atom stereocenters. The van der Waals surface area contributed by atoms with Crippen LogP contribution in [0, 0.1) is 5.82 Å². The molecule has 3 rings (SSSR count). The average molecular weight is 232 g/mol. The fourth-order valence-electron chi connectivity index (χ4n) is 2.10. The lowest BCUT2D eigenvalue weighted by molar-refractivity contribution is 0.266. The van der Waals surface area contributed by atoms with E-state index in [0.717, 1.165) is 5.56 Å². The van der Waals surface area contributed by atoms with Crippen LogP contribution in [0.1, 0.15) is 6.93 Å². The van der Waals surface area contributed by atoms with Gasteiger partial charge in [0, 0.05) is 0 Å². The molecule has 0 bridgehead atoms. The van der Waals surface area contributed by atoms with Gasteiger partial charge in [0.05, 0.1) is 12.5 Å². The molecule has 0 spiro atoms. The first kappa shape index (κ1) is 9.36. The average Bonchev–Trinajstić information content (AvgIpc) is 2.82. The van der Waals surface area contributed by atoms with Crippen LogP contribution in [0.25, 0.3) is 0 Å². The van der Waals surface area contributed by atoms with E-state index < -0.39 is 5.60 Å². The van der Waals surface area contributed by atoms with Crippen LogP contribution in [0.15, 0.2) is 36.9 Å². The van der Waals surface area contributed by atoms with E-state index >= 15 is 0 Å². The zero-order valence-corrected chi connectivity index (χ0v) is 9.30. The molecule has 86 valence electrons. The molecule has 0 aliphatic carbocycles. The van der Waals surface area contributed by atoms with Crippen LogP contribution in [0.3, 0.4) is 0 Å². The van der Waals surface area contributed by atoms with Crippen molar-refractivity contribution in [3.8, 4) is 0 Å². The van der Waals surface area contributed by atoms with Crippen molar-refractivity contribution in [3.63, 3.8) is 0 Å². The maximum atomic E-state index is 13.3. The van der Waals surface area contributed by atoms with Gasteiger partial charge in [-0.05, 0) is 17.7 Å². The fraction of sp³-hybridized carbons (Fsp3) is 0.273. The number of ether oxygens (including phenoxy) is 1. The van der Waals surface area contributed by atoms with Crippen molar-refractivity contribution in [1.82, 2.24) is 14.8 Å². The predicted molar refractivity (Wildman–Crippen MR) is 61.5 cm³/mol. The highest BCUT2D eigenvalue weighted by Gasteiger charge is 2.54. The van der Waals surface area contributed by atoms with E-state index in [1.54, 1.807) is 6.07 Å². The smallest absolute Gasteiger partial charge is 0.143 e. The predicted octanol–water partition coefficient (Wildman–Crippen LogP) is 0.302. The highest BCUT2D eigenvalue weighted by atomic mass is 19.1. The summed E-state index contributed by atoms with van der Waals surface area (Å²) >= 11 is 0. The number of epoxide rings is 1. The molecule has 1 aliphatic rings. The molecule has 0 saturated carbocycles. The maximum absolute atomic E-state index is 13.3. The van der Waals surface area contributed by atoms with Crippen LogP contribution in [0.4, 0.5) is 4.39 Å². The van der Waals surface area contributed by atoms with Gasteiger partial charge in [0.2, 0.25) is 0 Å². The van der Waals surface area contributed by atoms with Gasteiger partial charge >= 0.3 is 0 Å². The zero-order chi connectivity index (χ0) is 12.8. The molecule has 6 heteroatoms. The van der Waals surface area contributed by atoms with E-state index in [1.165, 1.54) is 23.1 Å². The molecule has 0 N–H and O–H groups in total. The van der Waals surface area contributed by atoms with Gasteiger partial charge in [-0.25, -0.2) is 14.1 Å². The topological polar surface area (TPSA) is 43.2 Å². The van der Waals surface area contributed by atoms with Crippen LogP contribution in [0.5, 0.6) is 0 Å². The lowest BCUT2D eigenvalue weighted by Crippen LogP contribution is -2.21. The number of benzene rings is 1. The minimum absolute atomic E-state index is 0.0251. The summed E-state index contributed by atoms with van der Waals surface area (Å²) in [5.41, 5.74) is 0.177. The van der Waals surface area contributed by atoms with Crippen molar-refractivity contribution >= 4 is 7.85 Å². The summed E-state index contributed by atoms with van der Waals surface area (Å²) in [7, 11) is 1.92. The summed E-state index contributed by atoms with van der Waals surface area (Å²) in [6.07, 6.45) is 1.41. The number of halogens is 1. The SMILES string of the molecule is [2H]c1ncnn1CC1(c2cccc(F)c2)OC1B. The van der Waals surface area contributed by atoms with Crippen LogP contribution in [-0.2, 0) is 16.9 Å². The highest BCUT2D eigenvalue weighted by Crippen LogP contribution is 2.45. The molecule has 2 heterocycles. The van der Waals surface area contributed by atoms with Crippen molar-refractivity contribution in [1.29, 1.82) is 0 Å². The van der Waals surface area contributed by atoms with Gasteiger partial charge < -0.3 is 4.74 Å². The van der Waals surface area contributed by atoms with Crippen LogP contribution >= 0.6 is 0 Å². The Hall–Kier alpha value is -1.69. The van der Waals surface area contributed by atoms with Gasteiger partial charge in [-0.15, -0.1) is 0 Å². The monoisotopic (exact) mass is 232 g/mol. The summed E-state index contributed by atoms with van der Waals surface area (Å²) in [4.78, 5) is 3.75.